The predicted octanol–water partition coefficient (Wildman–Crippen LogP) is 4.19. The molecule has 0 radical (unpaired) electrons. The summed E-state index contributed by atoms with van der Waals surface area (Å²) in [7, 11) is 2.24. The molecule has 2 heteroatoms. The Morgan fingerprint density at radius 1 is 1.14 bits per heavy atom. The second kappa shape index (κ2) is 6.62. The molecule has 1 aromatic rings. The summed E-state index contributed by atoms with van der Waals surface area (Å²) in [6, 6.07) is 13.9. The molecule has 112 valence electrons. The highest BCUT2D eigenvalue weighted by Gasteiger charge is 2.34. The number of nitriles is 1. The zero-order valence-electron chi connectivity index (χ0n) is 13.0. The summed E-state index contributed by atoms with van der Waals surface area (Å²) in [5, 5.41) is 9.50. The van der Waals surface area contributed by atoms with Crippen molar-refractivity contribution in [3.63, 3.8) is 0 Å². The van der Waals surface area contributed by atoms with Crippen LogP contribution in [0, 0.1) is 23.2 Å². The molecule has 2 saturated carbocycles. The maximum absolute atomic E-state index is 9.50. The highest BCUT2D eigenvalue weighted by Crippen LogP contribution is 2.38. The largest absolute Gasteiger partial charge is 0.302 e. The summed E-state index contributed by atoms with van der Waals surface area (Å²) in [5.41, 5.74) is 1.45. The van der Waals surface area contributed by atoms with Crippen LogP contribution in [0.1, 0.15) is 50.0 Å². The van der Waals surface area contributed by atoms with Crippen molar-refractivity contribution in [1.29, 1.82) is 5.26 Å². The van der Waals surface area contributed by atoms with Crippen molar-refractivity contribution in [2.75, 3.05) is 13.6 Å². The molecule has 21 heavy (non-hydrogen) atoms. The zero-order valence-corrected chi connectivity index (χ0v) is 13.0. The summed E-state index contributed by atoms with van der Waals surface area (Å²) >= 11 is 0. The van der Waals surface area contributed by atoms with Crippen LogP contribution >= 0.6 is 0 Å². The average Bonchev–Trinajstić information content (AvgIpc) is 2.51. The van der Waals surface area contributed by atoms with Crippen LogP contribution in [0.3, 0.4) is 0 Å². The fourth-order valence-corrected chi connectivity index (χ4v) is 4.03. The van der Waals surface area contributed by atoms with Gasteiger partial charge in [0.15, 0.2) is 0 Å². The lowest BCUT2D eigenvalue weighted by atomic mass is 9.75. The Hall–Kier alpha value is -1.33. The molecule has 2 aliphatic carbocycles. The van der Waals surface area contributed by atoms with E-state index in [0.29, 0.717) is 12.0 Å². The summed E-state index contributed by atoms with van der Waals surface area (Å²) in [5.74, 6) is 1.73. The maximum atomic E-state index is 9.50. The van der Waals surface area contributed by atoms with Crippen LogP contribution in [0.15, 0.2) is 30.3 Å². The first kappa shape index (κ1) is 14.6. The van der Waals surface area contributed by atoms with Crippen molar-refractivity contribution >= 4 is 0 Å². The molecule has 0 N–H and O–H groups in total. The minimum atomic E-state index is 0.218. The van der Waals surface area contributed by atoms with Crippen molar-refractivity contribution in [2.24, 2.45) is 11.8 Å². The highest BCUT2D eigenvalue weighted by molar-refractivity contribution is 5.21. The third-order valence-corrected chi connectivity index (χ3v) is 5.59. The van der Waals surface area contributed by atoms with E-state index in [-0.39, 0.29) is 5.92 Å². The van der Waals surface area contributed by atoms with E-state index in [9.17, 15) is 5.26 Å². The molecule has 2 fully saturated rings. The van der Waals surface area contributed by atoms with E-state index in [1.165, 1.54) is 31.4 Å². The van der Waals surface area contributed by atoms with Crippen LogP contribution in [-0.4, -0.2) is 24.5 Å². The smallest absolute Gasteiger partial charge is 0.0672 e. The van der Waals surface area contributed by atoms with Crippen molar-refractivity contribution in [2.45, 2.75) is 50.5 Å². The molecule has 2 nitrogen and oxygen atoms in total. The van der Waals surface area contributed by atoms with E-state index in [1.807, 2.05) is 0 Å². The third kappa shape index (κ3) is 3.30. The van der Waals surface area contributed by atoms with Gasteiger partial charge in [-0.1, -0.05) is 36.8 Å². The van der Waals surface area contributed by atoms with Crippen molar-refractivity contribution in [1.82, 2.24) is 4.90 Å². The Morgan fingerprint density at radius 2 is 1.90 bits per heavy atom. The lowest BCUT2D eigenvalue weighted by Crippen LogP contribution is -2.44. The molecule has 0 spiro atoms. The molecule has 0 bridgehead atoms. The number of rotatable bonds is 4. The van der Waals surface area contributed by atoms with Crippen LogP contribution in [0.2, 0.25) is 0 Å². The van der Waals surface area contributed by atoms with Gasteiger partial charge in [0.25, 0.3) is 0 Å². The van der Waals surface area contributed by atoms with Crippen molar-refractivity contribution < 1.29 is 0 Å². The van der Waals surface area contributed by atoms with Crippen LogP contribution in [0.5, 0.6) is 0 Å². The Morgan fingerprint density at radius 3 is 2.52 bits per heavy atom. The molecule has 2 aliphatic rings. The van der Waals surface area contributed by atoms with Gasteiger partial charge in [-0.2, -0.15) is 5.26 Å². The van der Waals surface area contributed by atoms with Gasteiger partial charge in [0.1, 0.15) is 0 Å². The van der Waals surface area contributed by atoms with E-state index < -0.39 is 0 Å². The van der Waals surface area contributed by atoms with E-state index in [1.54, 1.807) is 0 Å². The number of hydrogen-bond acceptors (Lipinski definition) is 2. The van der Waals surface area contributed by atoms with E-state index >= 15 is 0 Å². The van der Waals surface area contributed by atoms with Gasteiger partial charge in [-0.15, -0.1) is 0 Å². The normalized spacial score (nSPS) is 29.9. The molecule has 0 aromatic heterocycles. The highest BCUT2D eigenvalue weighted by atomic mass is 15.1. The van der Waals surface area contributed by atoms with Gasteiger partial charge < -0.3 is 4.90 Å². The second-order valence-electron chi connectivity index (χ2n) is 6.96. The lowest BCUT2D eigenvalue weighted by molar-refractivity contribution is 0.106. The summed E-state index contributed by atoms with van der Waals surface area (Å²) < 4.78 is 0. The first-order valence-electron chi connectivity index (χ1n) is 8.42. The number of hydrogen-bond donors (Lipinski definition) is 0. The molecule has 1 aromatic carbocycles. The molecule has 0 amide bonds. The van der Waals surface area contributed by atoms with Crippen LogP contribution in [0.25, 0.3) is 0 Å². The Bertz CT molecular complexity index is 486. The first-order chi connectivity index (χ1) is 10.3. The van der Waals surface area contributed by atoms with E-state index in [0.717, 1.165) is 25.2 Å². The third-order valence-electron chi connectivity index (χ3n) is 5.59. The SMILES string of the molecule is CN(CC1CCC1)C1CC(c2ccccc2)CCC1C#N. The Kier molecular flexibility index (Phi) is 4.60. The summed E-state index contributed by atoms with van der Waals surface area (Å²) in [6.45, 7) is 1.18. The lowest BCUT2D eigenvalue weighted by Gasteiger charge is -2.41. The molecule has 3 atom stereocenters. The van der Waals surface area contributed by atoms with Crippen LogP contribution in [0.4, 0.5) is 0 Å². The molecule has 3 unspecified atom stereocenters. The standard InChI is InChI=1S/C19H26N2/c1-21(14-15-6-5-7-15)19-12-17(10-11-18(19)13-20)16-8-3-2-4-9-16/h2-4,8-9,15,17-19H,5-7,10-12,14H2,1H3. The summed E-state index contributed by atoms with van der Waals surface area (Å²) in [4.78, 5) is 2.49. The fraction of sp³-hybridized carbons (Fsp3) is 0.632. The zero-order chi connectivity index (χ0) is 14.7. The Balaban J connectivity index is 1.68. The minimum absolute atomic E-state index is 0.218. The molecule has 3 rings (SSSR count). The van der Waals surface area contributed by atoms with Crippen molar-refractivity contribution in [3.8, 4) is 6.07 Å². The van der Waals surface area contributed by atoms with Gasteiger partial charge in [-0.25, -0.2) is 0 Å². The first-order valence-corrected chi connectivity index (χ1v) is 8.42. The quantitative estimate of drug-likeness (QED) is 0.827. The van der Waals surface area contributed by atoms with Crippen LogP contribution in [-0.2, 0) is 0 Å². The second-order valence-corrected chi connectivity index (χ2v) is 6.96. The minimum Gasteiger partial charge on any atom is -0.302 e. The van der Waals surface area contributed by atoms with E-state index in [2.05, 4.69) is 48.3 Å². The molecular formula is C19H26N2. The van der Waals surface area contributed by atoms with Gasteiger partial charge in [0.05, 0.1) is 12.0 Å². The molecular weight excluding hydrogens is 256 g/mol. The molecule has 0 heterocycles. The fourth-order valence-electron chi connectivity index (χ4n) is 4.03. The monoisotopic (exact) mass is 282 g/mol. The number of benzene rings is 1. The van der Waals surface area contributed by atoms with Gasteiger partial charge in [0, 0.05) is 12.6 Å². The van der Waals surface area contributed by atoms with Gasteiger partial charge in [-0.05, 0) is 56.6 Å². The molecule has 0 saturated heterocycles. The van der Waals surface area contributed by atoms with Crippen molar-refractivity contribution in [3.05, 3.63) is 35.9 Å². The van der Waals surface area contributed by atoms with Crippen LogP contribution < -0.4 is 0 Å². The van der Waals surface area contributed by atoms with Gasteiger partial charge in [-0.3, -0.25) is 0 Å². The average molecular weight is 282 g/mol. The number of nitrogens with zero attached hydrogens (tertiary/aromatic N) is 2. The van der Waals surface area contributed by atoms with Gasteiger partial charge in [0.2, 0.25) is 0 Å². The molecule has 0 aliphatic heterocycles. The Labute approximate surface area is 128 Å². The predicted molar refractivity (Wildman–Crippen MR) is 85.9 cm³/mol. The maximum Gasteiger partial charge on any atom is 0.0672 e. The topological polar surface area (TPSA) is 27.0 Å². The summed E-state index contributed by atoms with van der Waals surface area (Å²) in [6.07, 6.45) is 7.53. The van der Waals surface area contributed by atoms with Gasteiger partial charge >= 0.3 is 0 Å². The van der Waals surface area contributed by atoms with E-state index in [4.69, 9.17) is 0 Å².